The molecule has 1 aromatic rings. The van der Waals surface area contributed by atoms with Gasteiger partial charge in [-0.15, -0.1) is 0 Å². The van der Waals surface area contributed by atoms with Crippen LogP contribution in [0.15, 0.2) is 18.2 Å². The van der Waals surface area contributed by atoms with Crippen molar-refractivity contribution < 1.29 is 14.7 Å². The molecule has 0 saturated heterocycles. The first-order valence-electron chi connectivity index (χ1n) is 6.11. The maximum absolute atomic E-state index is 12.1. The minimum atomic E-state index is -0.996. The normalized spacial score (nSPS) is 12.3. The maximum atomic E-state index is 12.1. The number of nitrogens with one attached hydrogen (secondary N) is 1. The van der Waals surface area contributed by atoms with Crippen molar-refractivity contribution in [2.75, 3.05) is 0 Å². The van der Waals surface area contributed by atoms with E-state index in [2.05, 4.69) is 27.9 Å². The van der Waals surface area contributed by atoms with Crippen molar-refractivity contribution in [3.8, 4) is 0 Å². The Kier molecular flexibility index (Phi) is 5.78. The average Bonchev–Trinajstić information content (AvgIpc) is 2.30. The molecule has 0 fully saturated rings. The molecule has 0 spiro atoms. The number of carboxylic acid groups (broad SMARTS) is 1. The Morgan fingerprint density at radius 2 is 2.00 bits per heavy atom. The zero-order valence-electron chi connectivity index (χ0n) is 11.2. The molecule has 104 valence electrons. The number of carboxylic acids is 1. The third-order valence-corrected chi connectivity index (χ3v) is 3.62. The highest BCUT2D eigenvalue weighted by atomic mass is 127. The fourth-order valence-electron chi connectivity index (χ4n) is 1.74. The zero-order chi connectivity index (χ0) is 14.6. The summed E-state index contributed by atoms with van der Waals surface area (Å²) >= 11 is 2.07. The lowest BCUT2D eigenvalue weighted by Crippen LogP contribution is -2.41. The Labute approximate surface area is 126 Å². The molecule has 1 unspecified atom stereocenters. The van der Waals surface area contributed by atoms with Crippen LogP contribution in [0.5, 0.6) is 0 Å². The standard InChI is InChI=1S/C14H18INO3/c1-8(2)6-12(14(18)19)16-13(17)10-7-9(3)4-5-11(10)15/h4-5,7-8,12H,6H2,1-3H3,(H,16,17)(H,18,19). The van der Waals surface area contributed by atoms with E-state index in [1.807, 2.05) is 32.9 Å². The van der Waals surface area contributed by atoms with Crippen LogP contribution in [-0.4, -0.2) is 23.0 Å². The van der Waals surface area contributed by atoms with Gasteiger partial charge in [0, 0.05) is 3.57 Å². The van der Waals surface area contributed by atoms with Crippen molar-refractivity contribution in [1.29, 1.82) is 0 Å². The predicted molar refractivity (Wildman–Crippen MR) is 82.2 cm³/mol. The van der Waals surface area contributed by atoms with Crippen LogP contribution in [0.3, 0.4) is 0 Å². The number of hydrogen-bond donors (Lipinski definition) is 2. The smallest absolute Gasteiger partial charge is 0.326 e. The molecule has 19 heavy (non-hydrogen) atoms. The monoisotopic (exact) mass is 375 g/mol. The Hall–Kier alpha value is -1.11. The van der Waals surface area contributed by atoms with E-state index < -0.39 is 12.0 Å². The largest absolute Gasteiger partial charge is 0.480 e. The van der Waals surface area contributed by atoms with E-state index in [0.717, 1.165) is 9.13 Å². The summed E-state index contributed by atoms with van der Waals surface area (Å²) in [4.78, 5) is 23.3. The minimum Gasteiger partial charge on any atom is -0.480 e. The summed E-state index contributed by atoms with van der Waals surface area (Å²) in [6.45, 7) is 5.76. The summed E-state index contributed by atoms with van der Waals surface area (Å²) in [5.41, 5.74) is 1.50. The van der Waals surface area contributed by atoms with Crippen LogP contribution in [0.2, 0.25) is 0 Å². The van der Waals surface area contributed by atoms with Gasteiger partial charge >= 0.3 is 5.97 Å². The lowest BCUT2D eigenvalue weighted by atomic mass is 10.0. The molecule has 4 nitrogen and oxygen atoms in total. The second kappa shape index (κ2) is 6.88. The van der Waals surface area contributed by atoms with Gasteiger partial charge in [0.05, 0.1) is 5.56 Å². The van der Waals surface area contributed by atoms with Crippen molar-refractivity contribution in [2.45, 2.75) is 33.2 Å². The Bertz CT molecular complexity index is 486. The van der Waals surface area contributed by atoms with Crippen molar-refractivity contribution >= 4 is 34.5 Å². The molecule has 1 amide bonds. The van der Waals surface area contributed by atoms with E-state index in [1.165, 1.54) is 0 Å². The summed E-state index contributed by atoms with van der Waals surface area (Å²) in [7, 11) is 0. The third-order valence-electron chi connectivity index (χ3n) is 2.68. The Morgan fingerprint density at radius 1 is 1.37 bits per heavy atom. The fraction of sp³-hybridized carbons (Fsp3) is 0.429. The highest BCUT2D eigenvalue weighted by Gasteiger charge is 2.22. The minimum absolute atomic E-state index is 0.206. The summed E-state index contributed by atoms with van der Waals surface area (Å²) in [6, 6.07) is 4.69. The van der Waals surface area contributed by atoms with E-state index in [9.17, 15) is 9.59 Å². The van der Waals surface area contributed by atoms with Crippen LogP contribution in [0, 0.1) is 16.4 Å². The number of aryl methyl sites for hydroxylation is 1. The number of benzene rings is 1. The van der Waals surface area contributed by atoms with Crippen LogP contribution in [0.4, 0.5) is 0 Å². The van der Waals surface area contributed by atoms with Gasteiger partial charge in [0.1, 0.15) is 6.04 Å². The van der Waals surface area contributed by atoms with Gasteiger partial charge < -0.3 is 10.4 Å². The van der Waals surface area contributed by atoms with Gasteiger partial charge in [-0.1, -0.05) is 25.5 Å². The van der Waals surface area contributed by atoms with Crippen LogP contribution < -0.4 is 5.32 Å². The summed E-state index contributed by atoms with van der Waals surface area (Å²) in [5, 5.41) is 11.7. The highest BCUT2D eigenvalue weighted by molar-refractivity contribution is 14.1. The lowest BCUT2D eigenvalue weighted by Gasteiger charge is -2.17. The Balaban J connectivity index is 2.87. The van der Waals surface area contributed by atoms with E-state index >= 15 is 0 Å². The zero-order valence-corrected chi connectivity index (χ0v) is 13.4. The molecule has 0 saturated carbocycles. The van der Waals surface area contributed by atoms with Gasteiger partial charge in [0.25, 0.3) is 5.91 Å². The molecule has 2 N–H and O–H groups in total. The molecule has 1 aromatic carbocycles. The second-order valence-corrected chi connectivity index (χ2v) is 6.14. The van der Waals surface area contributed by atoms with Gasteiger partial charge in [-0.25, -0.2) is 4.79 Å². The molecule has 0 aromatic heterocycles. The highest BCUT2D eigenvalue weighted by Crippen LogP contribution is 2.15. The van der Waals surface area contributed by atoms with E-state index in [1.54, 1.807) is 6.07 Å². The number of rotatable bonds is 5. The summed E-state index contributed by atoms with van der Waals surface area (Å²) in [6.07, 6.45) is 0.420. The third kappa shape index (κ3) is 4.81. The summed E-state index contributed by atoms with van der Waals surface area (Å²) < 4.78 is 0.814. The van der Waals surface area contributed by atoms with Crippen molar-refractivity contribution in [2.24, 2.45) is 5.92 Å². The van der Waals surface area contributed by atoms with E-state index in [0.29, 0.717) is 12.0 Å². The van der Waals surface area contributed by atoms with Crippen molar-refractivity contribution in [3.05, 3.63) is 32.9 Å². The van der Waals surface area contributed by atoms with Gasteiger partial charge in [-0.3, -0.25) is 4.79 Å². The number of carbonyl (C=O) groups is 2. The molecule has 0 heterocycles. The van der Waals surface area contributed by atoms with Crippen LogP contribution in [0.1, 0.15) is 36.2 Å². The SMILES string of the molecule is Cc1ccc(I)c(C(=O)NC(CC(C)C)C(=O)O)c1. The number of carbonyl (C=O) groups excluding carboxylic acids is 1. The first-order valence-corrected chi connectivity index (χ1v) is 7.19. The second-order valence-electron chi connectivity index (χ2n) is 4.98. The molecular formula is C14H18INO3. The number of aliphatic carboxylic acids is 1. The van der Waals surface area contributed by atoms with E-state index in [-0.39, 0.29) is 11.8 Å². The summed E-state index contributed by atoms with van der Waals surface area (Å²) in [5.74, 6) is -1.12. The van der Waals surface area contributed by atoms with Gasteiger partial charge in [-0.2, -0.15) is 0 Å². The van der Waals surface area contributed by atoms with Gasteiger partial charge in [0.15, 0.2) is 0 Å². The molecule has 0 radical (unpaired) electrons. The maximum Gasteiger partial charge on any atom is 0.326 e. The van der Waals surface area contributed by atoms with Crippen molar-refractivity contribution in [1.82, 2.24) is 5.32 Å². The van der Waals surface area contributed by atoms with Crippen LogP contribution in [0.25, 0.3) is 0 Å². The fourth-order valence-corrected chi connectivity index (χ4v) is 2.32. The van der Waals surface area contributed by atoms with Gasteiger partial charge in [-0.05, 0) is 54.0 Å². The van der Waals surface area contributed by atoms with Crippen LogP contribution in [-0.2, 0) is 4.79 Å². The number of amides is 1. The number of hydrogen-bond acceptors (Lipinski definition) is 2. The lowest BCUT2D eigenvalue weighted by molar-refractivity contribution is -0.139. The predicted octanol–water partition coefficient (Wildman–Crippen LogP) is 2.83. The molecule has 0 bridgehead atoms. The quantitative estimate of drug-likeness (QED) is 0.778. The topological polar surface area (TPSA) is 66.4 Å². The molecule has 5 heteroatoms. The Morgan fingerprint density at radius 3 is 2.53 bits per heavy atom. The molecular weight excluding hydrogens is 357 g/mol. The average molecular weight is 375 g/mol. The molecule has 0 aliphatic heterocycles. The van der Waals surface area contributed by atoms with Crippen LogP contribution >= 0.6 is 22.6 Å². The number of halogens is 1. The van der Waals surface area contributed by atoms with Gasteiger partial charge in [0.2, 0.25) is 0 Å². The molecule has 0 aliphatic carbocycles. The molecule has 1 atom stereocenters. The molecule has 1 rings (SSSR count). The molecule has 0 aliphatic rings. The van der Waals surface area contributed by atoms with Crippen molar-refractivity contribution in [3.63, 3.8) is 0 Å². The first-order chi connectivity index (χ1) is 8.81. The van der Waals surface area contributed by atoms with E-state index in [4.69, 9.17) is 5.11 Å². The first kappa shape index (κ1) is 15.9.